The van der Waals surface area contributed by atoms with Gasteiger partial charge in [-0.05, 0) is 58.2 Å². The molecular weight excluding hydrogens is 326 g/mol. The van der Waals surface area contributed by atoms with Gasteiger partial charge in [-0.2, -0.15) is 0 Å². The van der Waals surface area contributed by atoms with Gasteiger partial charge >= 0.3 is 0 Å². The summed E-state index contributed by atoms with van der Waals surface area (Å²) in [7, 11) is 0. The molecule has 0 amide bonds. The number of hydrogen-bond acceptors (Lipinski definition) is 4. The van der Waals surface area contributed by atoms with Crippen molar-refractivity contribution in [2.75, 3.05) is 0 Å². The summed E-state index contributed by atoms with van der Waals surface area (Å²) in [6, 6.07) is 9.63. The zero-order chi connectivity index (χ0) is 13.7. The number of halogens is 1. The van der Waals surface area contributed by atoms with Crippen molar-refractivity contribution in [1.82, 2.24) is 0 Å². The zero-order valence-corrected chi connectivity index (χ0v) is 12.9. The summed E-state index contributed by atoms with van der Waals surface area (Å²) in [5, 5.41) is 14.2. The second-order valence-electron chi connectivity index (χ2n) is 3.94. The van der Waals surface area contributed by atoms with Gasteiger partial charge in [-0.1, -0.05) is 12.1 Å². The van der Waals surface area contributed by atoms with E-state index in [2.05, 4.69) is 21.1 Å². The first kappa shape index (κ1) is 14.1. The predicted molar refractivity (Wildman–Crippen MR) is 81.4 cm³/mol. The maximum absolute atomic E-state index is 8.86. The maximum atomic E-state index is 8.86. The summed E-state index contributed by atoms with van der Waals surface area (Å²) in [5.41, 5.74) is 1.59. The van der Waals surface area contributed by atoms with Crippen LogP contribution in [0.2, 0.25) is 0 Å². The maximum Gasteiger partial charge on any atom is 0.122 e. The molecular formula is C14H14BrNO2S. The first-order valence-corrected chi connectivity index (χ1v) is 7.57. The third kappa shape index (κ3) is 3.81. The van der Waals surface area contributed by atoms with Crippen LogP contribution in [0.15, 0.2) is 45.3 Å². The van der Waals surface area contributed by atoms with Gasteiger partial charge in [0.1, 0.15) is 12.4 Å². The minimum atomic E-state index is 0.560. The van der Waals surface area contributed by atoms with Crippen LogP contribution in [0.4, 0.5) is 0 Å². The van der Waals surface area contributed by atoms with Crippen molar-refractivity contribution in [3.63, 3.8) is 0 Å². The van der Waals surface area contributed by atoms with E-state index in [4.69, 9.17) is 9.94 Å². The smallest absolute Gasteiger partial charge is 0.122 e. The molecule has 1 N–H and O–H groups in total. The topological polar surface area (TPSA) is 41.8 Å². The monoisotopic (exact) mass is 339 g/mol. The van der Waals surface area contributed by atoms with Crippen LogP contribution in [0.3, 0.4) is 0 Å². The van der Waals surface area contributed by atoms with Gasteiger partial charge in [0.25, 0.3) is 0 Å². The quantitative estimate of drug-likeness (QED) is 0.488. The van der Waals surface area contributed by atoms with Crippen LogP contribution in [0.1, 0.15) is 23.8 Å². The van der Waals surface area contributed by atoms with E-state index in [0.29, 0.717) is 18.7 Å². The van der Waals surface area contributed by atoms with Crippen LogP contribution >= 0.6 is 27.3 Å². The van der Waals surface area contributed by atoms with Crippen molar-refractivity contribution >= 4 is 33.0 Å². The lowest BCUT2D eigenvalue weighted by atomic mass is 10.1. The molecule has 19 heavy (non-hydrogen) atoms. The largest absolute Gasteiger partial charge is 0.488 e. The molecule has 100 valence electrons. The molecule has 2 aromatic rings. The Labute approximate surface area is 124 Å². The number of nitrogens with zero attached hydrogens (tertiary/aromatic N) is 1. The van der Waals surface area contributed by atoms with Gasteiger partial charge in [0.05, 0.1) is 5.71 Å². The molecule has 1 aromatic heterocycles. The normalized spacial score (nSPS) is 11.6. The van der Waals surface area contributed by atoms with E-state index < -0.39 is 0 Å². The van der Waals surface area contributed by atoms with Crippen molar-refractivity contribution in [3.8, 4) is 5.75 Å². The molecule has 0 fully saturated rings. The average Bonchev–Trinajstić information content (AvgIpc) is 2.85. The highest BCUT2D eigenvalue weighted by Gasteiger charge is 2.03. The van der Waals surface area contributed by atoms with Gasteiger partial charge in [-0.15, -0.1) is 11.3 Å². The van der Waals surface area contributed by atoms with E-state index in [1.807, 2.05) is 42.6 Å². The molecule has 0 saturated heterocycles. The minimum Gasteiger partial charge on any atom is -0.488 e. The molecule has 0 aliphatic heterocycles. The van der Waals surface area contributed by atoms with E-state index in [9.17, 15) is 0 Å². The Balaban J connectivity index is 1.99. The summed E-state index contributed by atoms with van der Waals surface area (Å²) < 4.78 is 6.78. The van der Waals surface area contributed by atoms with Gasteiger partial charge in [0.2, 0.25) is 0 Å². The Morgan fingerprint density at radius 2 is 2.11 bits per heavy atom. The summed E-state index contributed by atoms with van der Waals surface area (Å²) in [5.74, 6) is 0.807. The van der Waals surface area contributed by atoms with Crippen molar-refractivity contribution < 1.29 is 9.94 Å². The van der Waals surface area contributed by atoms with Crippen LogP contribution in [0.5, 0.6) is 5.75 Å². The molecule has 0 saturated carbocycles. The third-order valence-electron chi connectivity index (χ3n) is 2.65. The lowest BCUT2D eigenvalue weighted by Crippen LogP contribution is -1.99. The van der Waals surface area contributed by atoms with Gasteiger partial charge in [-0.25, -0.2) is 0 Å². The fourth-order valence-electron chi connectivity index (χ4n) is 1.66. The lowest BCUT2D eigenvalue weighted by molar-refractivity contribution is 0.309. The van der Waals surface area contributed by atoms with Crippen molar-refractivity contribution in [3.05, 3.63) is 50.6 Å². The highest BCUT2D eigenvalue weighted by atomic mass is 79.9. The minimum absolute atomic E-state index is 0.560. The van der Waals surface area contributed by atoms with Crippen molar-refractivity contribution in [2.24, 2.45) is 5.16 Å². The highest BCUT2D eigenvalue weighted by molar-refractivity contribution is 9.10. The van der Waals surface area contributed by atoms with Crippen LogP contribution in [-0.4, -0.2) is 10.9 Å². The molecule has 0 unspecified atom stereocenters. The molecule has 0 spiro atoms. The van der Waals surface area contributed by atoms with E-state index in [-0.39, 0.29) is 0 Å². The first-order valence-electron chi connectivity index (χ1n) is 5.90. The number of hydrogen-bond donors (Lipinski definition) is 1. The second-order valence-corrected chi connectivity index (χ2v) is 5.86. The molecule has 0 aliphatic carbocycles. The molecule has 3 nitrogen and oxygen atoms in total. The third-order valence-corrected chi connectivity index (χ3v) is 4.32. The summed E-state index contributed by atoms with van der Waals surface area (Å²) in [6.07, 6.45) is 0.694. The number of thiophene rings is 1. The second kappa shape index (κ2) is 6.73. The summed E-state index contributed by atoms with van der Waals surface area (Å²) in [6.45, 7) is 2.51. The molecule has 2 rings (SSSR count). The number of rotatable bonds is 5. The molecule has 0 bridgehead atoms. The summed E-state index contributed by atoms with van der Waals surface area (Å²) >= 11 is 5.08. The zero-order valence-electron chi connectivity index (χ0n) is 10.5. The number of ether oxygens (including phenoxy) is 1. The van der Waals surface area contributed by atoms with Crippen LogP contribution in [0, 0.1) is 0 Å². The van der Waals surface area contributed by atoms with E-state index in [0.717, 1.165) is 15.8 Å². The Morgan fingerprint density at radius 3 is 2.63 bits per heavy atom. The SMILES string of the molecule is CCC(=NO)c1ccc(OCc2cc(Br)cs2)cc1. The Hall–Kier alpha value is -1.33. The Bertz CT molecular complexity index is 563. The van der Waals surface area contributed by atoms with Crippen LogP contribution in [0.25, 0.3) is 0 Å². The van der Waals surface area contributed by atoms with Crippen molar-refractivity contribution in [2.45, 2.75) is 20.0 Å². The molecule has 1 aromatic carbocycles. The molecule has 5 heteroatoms. The van der Waals surface area contributed by atoms with Gasteiger partial charge < -0.3 is 9.94 Å². The molecule has 0 radical (unpaired) electrons. The number of benzene rings is 1. The Kier molecular flexibility index (Phi) is 4.99. The first-order chi connectivity index (χ1) is 9.22. The molecule has 0 atom stereocenters. The number of oxime groups is 1. The predicted octanol–water partition coefficient (Wildman–Crippen LogP) is 4.68. The molecule has 1 heterocycles. The fraction of sp³-hybridized carbons (Fsp3) is 0.214. The van der Waals surface area contributed by atoms with E-state index in [1.54, 1.807) is 11.3 Å². The van der Waals surface area contributed by atoms with Crippen molar-refractivity contribution in [1.29, 1.82) is 0 Å². The standard InChI is InChI=1S/C14H14BrNO2S/c1-2-14(16-17)10-3-5-12(6-4-10)18-8-13-7-11(15)9-19-13/h3-7,9,17H,2,8H2,1H3. The average molecular weight is 340 g/mol. The van der Waals surface area contributed by atoms with Crippen LogP contribution in [-0.2, 0) is 6.61 Å². The van der Waals surface area contributed by atoms with Crippen LogP contribution < -0.4 is 4.74 Å². The van der Waals surface area contributed by atoms with E-state index >= 15 is 0 Å². The van der Waals surface area contributed by atoms with Gasteiger partial charge in [0.15, 0.2) is 0 Å². The fourth-order valence-corrected chi connectivity index (χ4v) is 3.02. The van der Waals surface area contributed by atoms with Gasteiger partial charge in [0, 0.05) is 14.7 Å². The molecule has 0 aliphatic rings. The summed E-state index contributed by atoms with van der Waals surface area (Å²) in [4.78, 5) is 1.17. The Morgan fingerprint density at radius 1 is 1.37 bits per heavy atom. The lowest BCUT2D eigenvalue weighted by Gasteiger charge is -2.06. The highest BCUT2D eigenvalue weighted by Crippen LogP contribution is 2.22. The van der Waals surface area contributed by atoms with E-state index in [1.165, 1.54) is 4.88 Å². The van der Waals surface area contributed by atoms with Gasteiger partial charge in [-0.3, -0.25) is 0 Å².